The maximum Gasteiger partial charge on any atom is 0.221 e. The average Bonchev–Trinajstić information content (AvgIpc) is 3.19. The van der Waals surface area contributed by atoms with Crippen LogP contribution in [-0.4, -0.2) is 48.1 Å². The second-order valence-electron chi connectivity index (χ2n) is 7.43. The summed E-state index contributed by atoms with van der Waals surface area (Å²) in [4.78, 5) is 19.0. The number of amides is 1. The Balaban J connectivity index is 1.55. The highest BCUT2D eigenvalue weighted by atomic mass is 32.1. The smallest absolute Gasteiger partial charge is 0.221 e. The van der Waals surface area contributed by atoms with Gasteiger partial charge in [0, 0.05) is 50.6 Å². The van der Waals surface area contributed by atoms with Crippen molar-refractivity contribution in [1.82, 2.24) is 14.7 Å². The molecule has 1 heterocycles. The van der Waals surface area contributed by atoms with Gasteiger partial charge in [-0.2, -0.15) is 4.37 Å². The number of nitrogens with zero attached hydrogens (tertiary/aromatic N) is 3. The van der Waals surface area contributed by atoms with Crippen molar-refractivity contribution in [2.75, 3.05) is 31.7 Å². The number of halogens is 1. The van der Waals surface area contributed by atoms with Crippen molar-refractivity contribution in [3.8, 4) is 0 Å². The minimum absolute atomic E-state index is 0.0929. The molecular formula is C21H29FN4O2S. The Hall–Kier alpha value is -2.06. The molecule has 158 valence electrons. The highest BCUT2D eigenvalue weighted by Gasteiger charge is 2.18. The summed E-state index contributed by atoms with van der Waals surface area (Å²) in [6, 6.07) is 6.70. The Morgan fingerprint density at radius 2 is 2.00 bits per heavy atom. The highest BCUT2D eigenvalue weighted by Crippen LogP contribution is 2.20. The second kappa shape index (κ2) is 11.2. The lowest BCUT2D eigenvalue weighted by Gasteiger charge is -2.24. The molecule has 1 fully saturated rings. The number of hydrogen-bond acceptors (Lipinski definition) is 6. The highest BCUT2D eigenvalue weighted by molar-refractivity contribution is 7.09. The maximum atomic E-state index is 13.1. The monoisotopic (exact) mass is 420 g/mol. The molecule has 0 unspecified atom stereocenters. The minimum atomic E-state index is -0.252. The van der Waals surface area contributed by atoms with Crippen molar-refractivity contribution in [3.63, 3.8) is 0 Å². The maximum absolute atomic E-state index is 13.1. The van der Waals surface area contributed by atoms with Crippen LogP contribution in [0, 0.1) is 5.82 Å². The fourth-order valence-corrected chi connectivity index (χ4v) is 4.25. The molecule has 1 aliphatic rings. The van der Waals surface area contributed by atoms with E-state index in [1.54, 1.807) is 19.2 Å². The Bertz CT molecular complexity index is 762. The first-order valence-corrected chi connectivity index (χ1v) is 11.0. The van der Waals surface area contributed by atoms with E-state index in [0.717, 1.165) is 23.5 Å². The van der Waals surface area contributed by atoms with Crippen molar-refractivity contribution >= 4 is 22.6 Å². The molecule has 1 aromatic carbocycles. The number of hydrogen-bond donors (Lipinski definition) is 1. The van der Waals surface area contributed by atoms with Gasteiger partial charge in [0.1, 0.15) is 11.6 Å². The van der Waals surface area contributed by atoms with Gasteiger partial charge in [0.05, 0.1) is 6.61 Å². The van der Waals surface area contributed by atoms with Crippen LogP contribution in [0.3, 0.4) is 0 Å². The number of carbonyl (C=O) groups is 1. The van der Waals surface area contributed by atoms with Gasteiger partial charge in [-0.1, -0.05) is 31.4 Å². The van der Waals surface area contributed by atoms with Crippen LogP contribution in [0.1, 0.15) is 49.9 Å². The number of carbonyl (C=O) groups excluding carboxylic acids is 1. The number of aromatic nitrogens is 2. The molecular weight excluding hydrogens is 391 g/mol. The second-order valence-corrected chi connectivity index (χ2v) is 8.16. The summed E-state index contributed by atoms with van der Waals surface area (Å²) in [7, 11) is 1.66. The quantitative estimate of drug-likeness (QED) is 0.637. The number of ether oxygens (including phenoxy) is 1. The van der Waals surface area contributed by atoms with Gasteiger partial charge >= 0.3 is 0 Å². The van der Waals surface area contributed by atoms with E-state index in [0.29, 0.717) is 44.4 Å². The van der Waals surface area contributed by atoms with Crippen LogP contribution in [0.5, 0.6) is 0 Å². The normalized spacial score (nSPS) is 14.7. The molecule has 0 aliphatic heterocycles. The molecule has 29 heavy (non-hydrogen) atoms. The van der Waals surface area contributed by atoms with Gasteiger partial charge in [-0.25, -0.2) is 9.37 Å². The predicted octanol–water partition coefficient (Wildman–Crippen LogP) is 3.56. The molecule has 0 saturated heterocycles. The van der Waals surface area contributed by atoms with E-state index < -0.39 is 0 Å². The largest absolute Gasteiger partial charge is 0.383 e. The molecule has 1 aromatic heterocycles. The third kappa shape index (κ3) is 7.04. The molecule has 1 N–H and O–H groups in total. The first-order valence-electron chi connectivity index (χ1n) is 10.2. The lowest BCUT2D eigenvalue weighted by atomic mass is 9.95. The third-order valence-electron chi connectivity index (χ3n) is 5.15. The Morgan fingerprint density at radius 1 is 1.24 bits per heavy atom. The molecule has 3 rings (SSSR count). The molecule has 1 amide bonds. The van der Waals surface area contributed by atoms with Gasteiger partial charge < -0.3 is 15.0 Å². The van der Waals surface area contributed by atoms with Crippen LogP contribution in [0.25, 0.3) is 0 Å². The fourth-order valence-electron chi connectivity index (χ4n) is 3.52. The summed E-state index contributed by atoms with van der Waals surface area (Å²) in [6.07, 6.45) is 6.82. The standard InChI is InChI=1S/C21H29FN4O2S/c1-28-14-13-26(12-11-20(27)23-18-5-3-2-4-6-18)21-24-19(25-29-21)15-16-7-9-17(22)10-8-16/h7-10,18H,2-6,11-15H2,1H3,(H,23,27). The zero-order chi connectivity index (χ0) is 20.5. The fraction of sp³-hybridized carbons (Fsp3) is 0.571. The van der Waals surface area contributed by atoms with Crippen molar-refractivity contribution < 1.29 is 13.9 Å². The predicted molar refractivity (Wildman–Crippen MR) is 113 cm³/mol. The van der Waals surface area contributed by atoms with Crippen LogP contribution >= 0.6 is 11.5 Å². The van der Waals surface area contributed by atoms with E-state index in [1.165, 1.54) is 42.9 Å². The van der Waals surface area contributed by atoms with Gasteiger partial charge in [0.15, 0.2) is 0 Å². The molecule has 1 aliphatic carbocycles. The number of benzene rings is 1. The van der Waals surface area contributed by atoms with Crippen molar-refractivity contribution in [1.29, 1.82) is 0 Å². The van der Waals surface area contributed by atoms with Gasteiger partial charge in [-0.3, -0.25) is 4.79 Å². The van der Waals surface area contributed by atoms with Crippen molar-refractivity contribution in [2.45, 2.75) is 51.0 Å². The molecule has 0 radical (unpaired) electrons. The SMILES string of the molecule is COCCN(CCC(=O)NC1CCCCC1)c1nc(Cc2ccc(F)cc2)ns1. The average molecular weight is 421 g/mol. The minimum Gasteiger partial charge on any atom is -0.383 e. The summed E-state index contributed by atoms with van der Waals surface area (Å²) in [6.45, 7) is 1.78. The molecule has 8 heteroatoms. The summed E-state index contributed by atoms with van der Waals surface area (Å²) in [5, 5.41) is 3.95. The van der Waals surface area contributed by atoms with Crippen LogP contribution in [-0.2, 0) is 16.0 Å². The van der Waals surface area contributed by atoms with E-state index in [4.69, 9.17) is 4.74 Å². The lowest BCUT2D eigenvalue weighted by molar-refractivity contribution is -0.121. The summed E-state index contributed by atoms with van der Waals surface area (Å²) in [5.41, 5.74) is 0.964. The van der Waals surface area contributed by atoms with Crippen LogP contribution < -0.4 is 10.2 Å². The summed E-state index contributed by atoms with van der Waals surface area (Å²) >= 11 is 1.32. The van der Waals surface area contributed by atoms with E-state index in [-0.39, 0.29) is 11.7 Å². The Morgan fingerprint density at radius 3 is 2.72 bits per heavy atom. The van der Waals surface area contributed by atoms with E-state index in [1.807, 2.05) is 0 Å². The van der Waals surface area contributed by atoms with Crippen molar-refractivity contribution in [3.05, 3.63) is 41.5 Å². The Kier molecular flexibility index (Phi) is 8.37. The van der Waals surface area contributed by atoms with Crippen molar-refractivity contribution in [2.24, 2.45) is 0 Å². The first kappa shape index (κ1) is 21.6. The van der Waals surface area contributed by atoms with Gasteiger partial charge in [0.2, 0.25) is 11.0 Å². The van der Waals surface area contributed by atoms with Gasteiger partial charge in [-0.15, -0.1) is 0 Å². The topological polar surface area (TPSA) is 67.3 Å². The summed E-state index contributed by atoms with van der Waals surface area (Å²) < 4.78 is 22.7. The van der Waals surface area contributed by atoms with Crippen LogP contribution in [0.4, 0.5) is 9.52 Å². The molecule has 0 bridgehead atoms. The number of rotatable bonds is 10. The van der Waals surface area contributed by atoms with Crippen LogP contribution in [0.2, 0.25) is 0 Å². The summed E-state index contributed by atoms with van der Waals surface area (Å²) in [5.74, 6) is 0.541. The zero-order valence-electron chi connectivity index (χ0n) is 16.9. The molecule has 6 nitrogen and oxygen atoms in total. The van der Waals surface area contributed by atoms with E-state index in [2.05, 4.69) is 19.6 Å². The first-order chi connectivity index (χ1) is 14.1. The van der Waals surface area contributed by atoms with Gasteiger partial charge in [-0.05, 0) is 30.5 Å². The lowest BCUT2D eigenvalue weighted by Crippen LogP contribution is -2.38. The Labute approximate surface area is 175 Å². The van der Waals surface area contributed by atoms with Gasteiger partial charge in [0.25, 0.3) is 0 Å². The van der Waals surface area contributed by atoms with E-state index in [9.17, 15) is 9.18 Å². The van der Waals surface area contributed by atoms with E-state index >= 15 is 0 Å². The third-order valence-corrected chi connectivity index (χ3v) is 5.96. The molecule has 1 saturated carbocycles. The zero-order valence-corrected chi connectivity index (χ0v) is 17.7. The molecule has 0 spiro atoms. The number of methoxy groups -OCH3 is 1. The molecule has 0 atom stereocenters. The molecule has 2 aromatic rings. The number of anilines is 1. The van der Waals surface area contributed by atoms with Crippen LogP contribution in [0.15, 0.2) is 24.3 Å². The number of nitrogens with one attached hydrogen (secondary N) is 1.